The predicted octanol–water partition coefficient (Wildman–Crippen LogP) is 2.59. The molecule has 0 aliphatic heterocycles. The van der Waals surface area contributed by atoms with E-state index in [-0.39, 0.29) is 5.56 Å². The zero-order valence-electron chi connectivity index (χ0n) is 11.3. The monoisotopic (exact) mass is 277 g/mol. The fourth-order valence-electron chi connectivity index (χ4n) is 1.93. The zero-order valence-corrected chi connectivity index (χ0v) is 12.1. The van der Waals surface area contributed by atoms with E-state index in [1.165, 1.54) is 11.8 Å². The number of carboxylic acid groups (broad SMARTS) is 1. The second kappa shape index (κ2) is 5.05. The molecule has 5 nitrogen and oxygen atoms in total. The summed E-state index contributed by atoms with van der Waals surface area (Å²) in [5.74, 6) is -0.952. The molecule has 19 heavy (non-hydrogen) atoms. The van der Waals surface area contributed by atoms with Gasteiger partial charge in [0.15, 0.2) is 0 Å². The van der Waals surface area contributed by atoms with E-state index in [4.69, 9.17) is 0 Å². The lowest BCUT2D eigenvalue weighted by molar-refractivity contribution is 0.0691. The first kappa shape index (κ1) is 13.6. The second-order valence-corrected chi connectivity index (χ2v) is 5.44. The maximum Gasteiger partial charge on any atom is 0.338 e. The van der Waals surface area contributed by atoms with Crippen molar-refractivity contribution < 1.29 is 9.90 Å². The number of rotatable bonds is 3. The lowest BCUT2D eigenvalue weighted by atomic mass is 10.2. The topological polar surface area (TPSA) is 68.0 Å². The first-order valence-electron chi connectivity index (χ1n) is 5.78. The van der Waals surface area contributed by atoms with Crippen molar-refractivity contribution in [3.8, 4) is 0 Å². The normalized spacial score (nSPS) is 10.7. The minimum atomic E-state index is -0.952. The molecule has 2 rings (SSSR count). The Labute approximate surface area is 115 Å². The van der Waals surface area contributed by atoms with Crippen LogP contribution in [0.5, 0.6) is 0 Å². The van der Waals surface area contributed by atoms with Crippen LogP contribution in [-0.4, -0.2) is 25.8 Å². The molecule has 6 heteroatoms. The molecule has 0 atom stereocenters. The molecule has 0 aliphatic rings. The molecule has 2 heterocycles. The highest BCUT2D eigenvalue weighted by atomic mass is 32.2. The minimum Gasteiger partial charge on any atom is -0.478 e. The molecule has 100 valence electrons. The van der Waals surface area contributed by atoms with E-state index in [1.54, 1.807) is 17.7 Å². The van der Waals surface area contributed by atoms with E-state index in [9.17, 15) is 9.90 Å². The number of aromatic nitrogens is 3. The van der Waals surface area contributed by atoms with Crippen LogP contribution < -0.4 is 0 Å². The summed E-state index contributed by atoms with van der Waals surface area (Å²) in [4.78, 5) is 16.3. The van der Waals surface area contributed by atoms with Gasteiger partial charge < -0.3 is 5.11 Å². The van der Waals surface area contributed by atoms with Gasteiger partial charge in [0, 0.05) is 17.6 Å². The zero-order chi connectivity index (χ0) is 14.2. The van der Waals surface area contributed by atoms with Crippen molar-refractivity contribution in [2.75, 3.05) is 0 Å². The molecule has 0 spiro atoms. The molecular weight excluding hydrogens is 262 g/mol. The van der Waals surface area contributed by atoms with Gasteiger partial charge in [0.05, 0.1) is 22.0 Å². The summed E-state index contributed by atoms with van der Waals surface area (Å²) in [5, 5.41) is 14.5. The molecule has 0 unspecified atom stereocenters. The first-order valence-corrected chi connectivity index (χ1v) is 6.60. The van der Waals surface area contributed by atoms with Crippen molar-refractivity contribution in [2.24, 2.45) is 7.05 Å². The third-order valence-electron chi connectivity index (χ3n) is 2.68. The summed E-state index contributed by atoms with van der Waals surface area (Å²) in [6.45, 7) is 5.48. The van der Waals surface area contributed by atoms with Gasteiger partial charge >= 0.3 is 5.97 Å². The van der Waals surface area contributed by atoms with Crippen LogP contribution in [0.2, 0.25) is 0 Å². The summed E-state index contributed by atoms with van der Waals surface area (Å²) in [5.41, 5.74) is 2.51. The van der Waals surface area contributed by atoms with E-state index in [0.29, 0.717) is 10.6 Å². The van der Waals surface area contributed by atoms with Gasteiger partial charge in [-0.05, 0) is 32.9 Å². The third-order valence-corrected chi connectivity index (χ3v) is 3.81. The molecule has 0 aliphatic carbocycles. The highest BCUT2D eigenvalue weighted by Crippen LogP contribution is 2.32. The van der Waals surface area contributed by atoms with Gasteiger partial charge in [-0.15, -0.1) is 0 Å². The van der Waals surface area contributed by atoms with Crippen molar-refractivity contribution in [3.05, 3.63) is 34.8 Å². The molecule has 2 aromatic rings. The Hall–Kier alpha value is -1.82. The number of pyridine rings is 1. The Kier molecular flexibility index (Phi) is 3.61. The van der Waals surface area contributed by atoms with Crippen molar-refractivity contribution >= 4 is 17.7 Å². The van der Waals surface area contributed by atoms with Gasteiger partial charge in [0.25, 0.3) is 0 Å². The Morgan fingerprint density at radius 1 is 1.26 bits per heavy atom. The largest absolute Gasteiger partial charge is 0.478 e. The number of nitrogens with zero attached hydrogens (tertiary/aromatic N) is 3. The summed E-state index contributed by atoms with van der Waals surface area (Å²) < 4.78 is 1.75. The SMILES string of the molecule is Cc1cc(Sc2cc(C)nn2C)c(C(=O)O)c(C)n1. The smallest absolute Gasteiger partial charge is 0.338 e. The number of hydrogen-bond acceptors (Lipinski definition) is 4. The number of hydrogen-bond donors (Lipinski definition) is 1. The van der Waals surface area contributed by atoms with E-state index in [2.05, 4.69) is 10.1 Å². The molecule has 2 aromatic heterocycles. The van der Waals surface area contributed by atoms with Crippen LogP contribution in [0.4, 0.5) is 0 Å². The molecule has 0 saturated heterocycles. The van der Waals surface area contributed by atoms with Gasteiger partial charge in [-0.3, -0.25) is 9.67 Å². The van der Waals surface area contributed by atoms with Crippen LogP contribution in [0.1, 0.15) is 27.4 Å². The lowest BCUT2D eigenvalue weighted by Gasteiger charge is -2.09. The van der Waals surface area contributed by atoms with Crippen molar-refractivity contribution in [2.45, 2.75) is 30.7 Å². The van der Waals surface area contributed by atoms with Crippen LogP contribution >= 0.6 is 11.8 Å². The van der Waals surface area contributed by atoms with Crippen molar-refractivity contribution in [3.63, 3.8) is 0 Å². The number of aromatic carboxylic acids is 1. The fourth-order valence-corrected chi connectivity index (χ4v) is 3.12. The van der Waals surface area contributed by atoms with Crippen LogP contribution in [-0.2, 0) is 7.05 Å². The van der Waals surface area contributed by atoms with Crippen LogP contribution in [0.3, 0.4) is 0 Å². The summed E-state index contributed by atoms with van der Waals surface area (Å²) in [6, 6.07) is 3.73. The lowest BCUT2D eigenvalue weighted by Crippen LogP contribution is -2.05. The quantitative estimate of drug-likeness (QED) is 0.934. The predicted molar refractivity (Wildman–Crippen MR) is 72.7 cm³/mol. The molecule has 1 N–H and O–H groups in total. The van der Waals surface area contributed by atoms with E-state index in [0.717, 1.165) is 16.4 Å². The van der Waals surface area contributed by atoms with E-state index in [1.807, 2.05) is 27.0 Å². The molecular formula is C13H15N3O2S. The Morgan fingerprint density at radius 3 is 2.47 bits per heavy atom. The number of carboxylic acids is 1. The highest BCUT2D eigenvalue weighted by molar-refractivity contribution is 7.99. The molecule has 0 aromatic carbocycles. The molecule has 0 radical (unpaired) electrons. The maximum absolute atomic E-state index is 11.4. The number of carbonyl (C=O) groups is 1. The van der Waals surface area contributed by atoms with Gasteiger partial charge in [-0.25, -0.2) is 4.79 Å². The van der Waals surface area contributed by atoms with Crippen LogP contribution in [0.25, 0.3) is 0 Å². The average molecular weight is 277 g/mol. The fraction of sp³-hybridized carbons (Fsp3) is 0.308. The molecule has 0 saturated carbocycles. The minimum absolute atomic E-state index is 0.259. The van der Waals surface area contributed by atoms with Crippen LogP contribution in [0, 0.1) is 20.8 Å². The van der Waals surface area contributed by atoms with Gasteiger partial charge in [0.2, 0.25) is 0 Å². The van der Waals surface area contributed by atoms with Crippen molar-refractivity contribution in [1.82, 2.24) is 14.8 Å². The summed E-state index contributed by atoms with van der Waals surface area (Å²) >= 11 is 1.40. The van der Waals surface area contributed by atoms with E-state index < -0.39 is 5.97 Å². The average Bonchev–Trinajstić information content (AvgIpc) is 2.55. The van der Waals surface area contributed by atoms with Crippen molar-refractivity contribution in [1.29, 1.82) is 0 Å². The Balaban J connectivity index is 2.50. The standard InChI is InChI=1S/C13H15N3O2S/c1-7-5-10(12(13(17)18)9(3)14-7)19-11-6-8(2)15-16(11)4/h5-6H,1-4H3,(H,17,18). The third kappa shape index (κ3) is 2.78. The first-order chi connectivity index (χ1) is 8.88. The molecule has 0 amide bonds. The van der Waals surface area contributed by atoms with Crippen LogP contribution in [0.15, 0.2) is 22.1 Å². The van der Waals surface area contributed by atoms with Gasteiger partial charge in [0.1, 0.15) is 0 Å². The van der Waals surface area contributed by atoms with Gasteiger partial charge in [-0.2, -0.15) is 5.10 Å². The highest BCUT2D eigenvalue weighted by Gasteiger charge is 2.17. The summed E-state index contributed by atoms with van der Waals surface area (Å²) in [6.07, 6.45) is 0. The Morgan fingerprint density at radius 2 is 1.95 bits per heavy atom. The maximum atomic E-state index is 11.4. The Bertz CT molecular complexity index is 650. The molecule has 0 fully saturated rings. The van der Waals surface area contributed by atoms with Gasteiger partial charge in [-0.1, -0.05) is 11.8 Å². The number of aryl methyl sites for hydroxylation is 4. The summed E-state index contributed by atoms with van der Waals surface area (Å²) in [7, 11) is 1.84. The second-order valence-electron chi connectivity index (χ2n) is 4.38. The van der Waals surface area contributed by atoms with E-state index >= 15 is 0 Å². The molecule has 0 bridgehead atoms.